The first kappa shape index (κ1) is 21.3. The maximum Gasteiger partial charge on any atom is 0.267 e. The third-order valence-corrected chi connectivity index (χ3v) is 6.03. The van der Waals surface area contributed by atoms with Crippen molar-refractivity contribution in [3.63, 3.8) is 0 Å². The summed E-state index contributed by atoms with van der Waals surface area (Å²) in [7, 11) is -4.09. The van der Waals surface area contributed by atoms with Gasteiger partial charge in [0.15, 0.2) is 5.82 Å². The Hall–Kier alpha value is -3.92. The summed E-state index contributed by atoms with van der Waals surface area (Å²) < 4.78 is 26.9. The summed E-state index contributed by atoms with van der Waals surface area (Å²) in [5.74, 6) is 0.155. The molecule has 4 aromatic rings. The van der Waals surface area contributed by atoms with Crippen LogP contribution in [0, 0.1) is 0 Å². The first-order valence-electron chi connectivity index (χ1n) is 9.83. The van der Waals surface area contributed by atoms with Crippen LogP contribution in [0.4, 0.5) is 0 Å². The fraction of sp³-hybridized carbons (Fsp3) is 0.136. The van der Waals surface area contributed by atoms with Gasteiger partial charge in [0.2, 0.25) is 5.91 Å². The highest BCUT2D eigenvalue weighted by Crippen LogP contribution is 2.15. The van der Waals surface area contributed by atoms with Gasteiger partial charge in [0.1, 0.15) is 10.7 Å². The summed E-state index contributed by atoms with van der Waals surface area (Å²) in [5, 5.41) is 0.487. The molecule has 0 bridgehead atoms. The molecule has 0 spiro atoms. The Balaban J connectivity index is 1.36. The molecule has 10 heteroatoms. The number of para-hydroxylation sites is 1. The van der Waals surface area contributed by atoms with Gasteiger partial charge in [0.25, 0.3) is 15.6 Å². The van der Waals surface area contributed by atoms with E-state index in [9.17, 15) is 18.0 Å². The van der Waals surface area contributed by atoms with E-state index in [1.54, 1.807) is 24.3 Å². The van der Waals surface area contributed by atoms with Crippen LogP contribution >= 0.6 is 0 Å². The predicted octanol–water partition coefficient (Wildman–Crippen LogP) is 2.21. The summed E-state index contributed by atoms with van der Waals surface area (Å²) in [6.45, 7) is 0. The zero-order valence-corrected chi connectivity index (χ0v) is 17.7. The SMILES string of the molecule is O=C(CCCc1nc2ccccc2c(=O)[nH]1)NS(=O)(=O)c1cnc(-c2ccccc2)nc1. The second-order valence-corrected chi connectivity index (χ2v) is 8.70. The van der Waals surface area contributed by atoms with Gasteiger partial charge in [0, 0.05) is 18.4 Å². The lowest BCUT2D eigenvalue weighted by Crippen LogP contribution is -2.30. The second kappa shape index (κ2) is 9.06. The van der Waals surface area contributed by atoms with E-state index < -0.39 is 15.9 Å². The molecule has 0 saturated carbocycles. The zero-order chi connectivity index (χ0) is 22.6. The lowest BCUT2D eigenvalue weighted by molar-refractivity contribution is -0.119. The van der Waals surface area contributed by atoms with Crippen LogP contribution in [0.5, 0.6) is 0 Å². The number of nitrogens with one attached hydrogen (secondary N) is 2. The Morgan fingerprint density at radius 1 is 0.969 bits per heavy atom. The number of aromatic amines is 1. The summed E-state index contributed by atoms with van der Waals surface area (Å²) in [4.78, 5) is 39.3. The Morgan fingerprint density at radius 2 is 1.66 bits per heavy atom. The normalized spacial score (nSPS) is 11.4. The lowest BCUT2D eigenvalue weighted by atomic mass is 10.2. The highest BCUT2D eigenvalue weighted by molar-refractivity contribution is 7.90. The van der Waals surface area contributed by atoms with Crippen LogP contribution in [0.25, 0.3) is 22.3 Å². The first-order valence-corrected chi connectivity index (χ1v) is 11.3. The number of carbonyl (C=O) groups is 1. The summed E-state index contributed by atoms with van der Waals surface area (Å²) >= 11 is 0. The van der Waals surface area contributed by atoms with Crippen LogP contribution < -0.4 is 10.3 Å². The fourth-order valence-electron chi connectivity index (χ4n) is 3.12. The number of hydrogen-bond donors (Lipinski definition) is 2. The van der Waals surface area contributed by atoms with Gasteiger partial charge in [-0.2, -0.15) is 0 Å². The molecule has 162 valence electrons. The molecule has 0 aliphatic heterocycles. The van der Waals surface area contributed by atoms with Gasteiger partial charge in [-0.15, -0.1) is 0 Å². The Kier molecular flexibility index (Phi) is 6.04. The summed E-state index contributed by atoms with van der Waals surface area (Å²) in [5.41, 5.74) is 1.06. The molecule has 0 radical (unpaired) electrons. The van der Waals surface area contributed by atoms with Gasteiger partial charge in [-0.1, -0.05) is 42.5 Å². The van der Waals surface area contributed by atoms with Gasteiger partial charge < -0.3 is 4.98 Å². The third kappa shape index (κ3) is 4.86. The molecule has 2 heterocycles. The highest BCUT2D eigenvalue weighted by Gasteiger charge is 2.19. The monoisotopic (exact) mass is 449 g/mol. The Bertz CT molecular complexity index is 1420. The number of nitrogens with zero attached hydrogens (tertiary/aromatic N) is 3. The van der Waals surface area contributed by atoms with E-state index in [1.165, 1.54) is 0 Å². The van der Waals surface area contributed by atoms with Crippen molar-refractivity contribution in [1.82, 2.24) is 24.7 Å². The summed E-state index contributed by atoms with van der Waals surface area (Å²) in [6.07, 6.45) is 2.90. The molecule has 0 saturated heterocycles. The largest absolute Gasteiger partial charge is 0.310 e. The van der Waals surface area contributed by atoms with Gasteiger partial charge in [-0.05, 0) is 18.6 Å². The smallest absolute Gasteiger partial charge is 0.267 e. The number of fused-ring (bicyclic) bond motifs is 1. The molecule has 9 nitrogen and oxygen atoms in total. The quantitative estimate of drug-likeness (QED) is 0.442. The molecule has 2 N–H and O–H groups in total. The van der Waals surface area contributed by atoms with Crippen LogP contribution in [0.15, 0.2) is 76.7 Å². The number of rotatable bonds is 7. The van der Waals surface area contributed by atoms with Crippen LogP contribution in [-0.2, 0) is 21.2 Å². The highest BCUT2D eigenvalue weighted by atomic mass is 32.2. The Morgan fingerprint density at radius 3 is 2.41 bits per heavy atom. The number of aromatic nitrogens is 4. The average Bonchev–Trinajstić information content (AvgIpc) is 2.79. The van der Waals surface area contributed by atoms with E-state index in [2.05, 4.69) is 19.9 Å². The van der Waals surface area contributed by atoms with Crippen molar-refractivity contribution in [2.75, 3.05) is 0 Å². The predicted molar refractivity (Wildman–Crippen MR) is 118 cm³/mol. The van der Waals surface area contributed by atoms with Crippen molar-refractivity contribution in [3.05, 3.63) is 83.2 Å². The standard InChI is InChI=1S/C22H19N5O4S/c28-20(12-6-11-19-25-18-10-5-4-9-17(18)22(29)26-19)27-32(30,31)16-13-23-21(24-14-16)15-7-2-1-3-8-15/h1-5,7-10,13-14H,6,11-12H2,(H,27,28)(H,25,26,29). The average molecular weight is 449 g/mol. The fourth-order valence-corrected chi connectivity index (χ4v) is 4.02. The molecule has 0 atom stereocenters. The van der Waals surface area contributed by atoms with Gasteiger partial charge in [0.05, 0.1) is 23.3 Å². The maximum absolute atomic E-state index is 12.4. The number of hydrogen-bond acceptors (Lipinski definition) is 7. The maximum atomic E-state index is 12.4. The number of amides is 1. The molecule has 0 aliphatic carbocycles. The molecule has 0 unspecified atom stereocenters. The molecule has 0 fully saturated rings. The van der Waals surface area contributed by atoms with Gasteiger partial charge in [-0.3, -0.25) is 9.59 Å². The lowest BCUT2D eigenvalue weighted by Gasteiger charge is -2.07. The van der Waals surface area contributed by atoms with Gasteiger partial charge >= 0.3 is 0 Å². The van der Waals surface area contributed by atoms with E-state index >= 15 is 0 Å². The third-order valence-electron chi connectivity index (χ3n) is 4.70. The minimum Gasteiger partial charge on any atom is -0.310 e. The van der Waals surface area contributed by atoms with Crippen molar-refractivity contribution >= 4 is 26.8 Å². The van der Waals surface area contributed by atoms with Crippen molar-refractivity contribution in [1.29, 1.82) is 0 Å². The van der Waals surface area contributed by atoms with Crippen LogP contribution in [0.1, 0.15) is 18.7 Å². The minimum atomic E-state index is -4.09. The molecule has 2 aromatic heterocycles. The molecule has 32 heavy (non-hydrogen) atoms. The molecule has 0 aliphatic rings. The van der Waals surface area contributed by atoms with E-state index in [-0.39, 0.29) is 16.9 Å². The molecule has 1 amide bonds. The van der Waals surface area contributed by atoms with Crippen LogP contribution in [0.2, 0.25) is 0 Å². The topological polar surface area (TPSA) is 135 Å². The molecule has 4 rings (SSSR count). The molecular formula is C22H19N5O4S. The number of benzene rings is 2. The minimum absolute atomic E-state index is 0.0568. The van der Waals surface area contributed by atoms with E-state index in [0.29, 0.717) is 35.4 Å². The van der Waals surface area contributed by atoms with E-state index in [0.717, 1.165) is 18.0 Å². The van der Waals surface area contributed by atoms with Crippen LogP contribution in [-0.4, -0.2) is 34.3 Å². The van der Waals surface area contributed by atoms with Crippen molar-refractivity contribution in [3.8, 4) is 11.4 Å². The second-order valence-electron chi connectivity index (χ2n) is 7.02. The number of aryl methyl sites for hydroxylation is 1. The summed E-state index contributed by atoms with van der Waals surface area (Å²) in [6, 6.07) is 16.1. The number of sulfonamides is 1. The number of H-pyrrole nitrogens is 1. The van der Waals surface area contributed by atoms with Gasteiger partial charge in [-0.25, -0.2) is 28.1 Å². The molecule has 2 aromatic carbocycles. The first-order chi connectivity index (χ1) is 15.4. The van der Waals surface area contributed by atoms with Crippen molar-refractivity contribution in [2.24, 2.45) is 0 Å². The number of carbonyl (C=O) groups excluding carboxylic acids is 1. The van der Waals surface area contributed by atoms with E-state index in [1.807, 2.05) is 35.1 Å². The van der Waals surface area contributed by atoms with Crippen molar-refractivity contribution < 1.29 is 13.2 Å². The van der Waals surface area contributed by atoms with Crippen molar-refractivity contribution in [2.45, 2.75) is 24.2 Å². The van der Waals surface area contributed by atoms with E-state index in [4.69, 9.17) is 0 Å². The molecular weight excluding hydrogens is 430 g/mol. The van der Waals surface area contributed by atoms with Crippen LogP contribution in [0.3, 0.4) is 0 Å². The zero-order valence-electron chi connectivity index (χ0n) is 16.9. The Labute approximate surface area is 183 Å².